The summed E-state index contributed by atoms with van der Waals surface area (Å²) in [6.45, 7) is 2.11. The second kappa shape index (κ2) is 10.8. The first kappa shape index (κ1) is 13.7. The summed E-state index contributed by atoms with van der Waals surface area (Å²) in [5, 5.41) is 0. The topological polar surface area (TPSA) is 26.3 Å². The van der Waals surface area contributed by atoms with Gasteiger partial charge >= 0.3 is 5.97 Å². The molecule has 0 heterocycles. The molecule has 0 radical (unpaired) electrons. The van der Waals surface area contributed by atoms with Crippen LogP contribution in [0.1, 0.15) is 32.6 Å². The highest BCUT2D eigenvalue weighted by Gasteiger charge is 1.96. The highest BCUT2D eigenvalue weighted by atomic mass is 16.5. The third-order valence-electron chi connectivity index (χ3n) is 1.88. The summed E-state index contributed by atoms with van der Waals surface area (Å²) < 4.78 is 4.46. The molecule has 0 amide bonds. The average Bonchev–Trinajstić information content (AvgIpc) is 2.32. The van der Waals surface area contributed by atoms with Crippen molar-refractivity contribution in [3.8, 4) is 0 Å². The molecule has 0 unspecified atom stereocenters. The van der Waals surface area contributed by atoms with Crippen molar-refractivity contribution in [3.05, 3.63) is 36.4 Å². The van der Waals surface area contributed by atoms with E-state index in [-0.39, 0.29) is 5.97 Å². The van der Waals surface area contributed by atoms with Crippen LogP contribution in [0, 0.1) is 0 Å². The van der Waals surface area contributed by atoms with E-state index in [1.54, 1.807) is 0 Å². The first-order valence-electron chi connectivity index (χ1n) is 5.38. The van der Waals surface area contributed by atoms with Crippen LogP contribution in [0.25, 0.3) is 0 Å². The summed E-state index contributed by atoms with van der Waals surface area (Å²) >= 11 is 0. The van der Waals surface area contributed by atoms with Gasteiger partial charge in [-0.1, -0.05) is 56.2 Å². The van der Waals surface area contributed by atoms with E-state index >= 15 is 0 Å². The van der Waals surface area contributed by atoms with E-state index in [2.05, 4.69) is 11.7 Å². The van der Waals surface area contributed by atoms with Crippen LogP contribution in [-0.2, 0) is 9.53 Å². The van der Waals surface area contributed by atoms with Crippen molar-refractivity contribution in [1.82, 2.24) is 0 Å². The standard InChI is InChI=1S/C7H14O2.C6H6/c1-3-4-5-6-7(8)9-2;1-2-4-6-5-3-1/h3-6H2,1-2H3;1-6H. The molecule has 0 aromatic heterocycles. The molecule has 2 heteroatoms. The molecule has 1 aromatic rings. The fourth-order valence-corrected chi connectivity index (χ4v) is 1.01. The van der Waals surface area contributed by atoms with Gasteiger partial charge in [-0.2, -0.15) is 0 Å². The van der Waals surface area contributed by atoms with Crippen molar-refractivity contribution in [2.45, 2.75) is 32.6 Å². The van der Waals surface area contributed by atoms with Crippen molar-refractivity contribution in [2.24, 2.45) is 0 Å². The summed E-state index contributed by atoms with van der Waals surface area (Å²) in [5.74, 6) is -0.0940. The Morgan fingerprint density at radius 3 is 1.80 bits per heavy atom. The Labute approximate surface area is 92.3 Å². The molecule has 0 saturated heterocycles. The zero-order valence-corrected chi connectivity index (χ0v) is 9.61. The molecule has 1 aromatic carbocycles. The SMILES string of the molecule is CCCCCC(=O)OC.c1ccccc1. The molecule has 0 spiro atoms. The van der Waals surface area contributed by atoms with Crippen LogP contribution in [0.15, 0.2) is 36.4 Å². The number of benzene rings is 1. The van der Waals surface area contributed by atoms with Crippen molar-refractivity contribution in [1.29, 1.82) is 0 Å². The van der Waals surface area contributed by atoms with Gasteiger partial charge in [0.1, 0.15) is 0 Å². The highest BCUT2D eigenvalue weighted by molar-refractivity contribution is 5.68. The lowest BCUT2D eigenvalue weighted by atomic mass is 10.2. The number of unbranched alkanes of at least 4 members (excludes halogenated alkanes) is 2. The molecule has 2 nitrogen and oxygen atoms in total. The predicted molar refractivity (Wildman–Crippen MR) is 62.6 cm³/mol. The number of esters is 1. The van der Waals surface area contributed by atoms with Crippen LogP contribution in [0.5, 0.6) is 0 Å². The van der Waals surface area contributed by atoms with Gasteiger partial charge < -0.3 is 4.74 Å². The Kier molecular flexibility index (Phi) is 9.83. The first-order valence-corrected chi connectivity index (χ1v) is 5.38. The molecule has 0 fully saturated rings. The Morgan fingerprint density at radius 1 is 1.00 bits per heavy atom. The van der Waals surface area contributed by atoms with Crippen molar-refractivity contribution in [2.75, 3.05) is 7.11 Å². The zero-order valence-electron chi connectivity index (χ0n) is 9.61. The molecule has 15 heavy (non-hydrogen) atoms. The minimum absolute atomic E-state index is 0.0940. The lowest BCUT2D eigenvalue weighted by molar-refractivity contribution is -0.140. The number of ether oxygens (including phenoxy) is 1. The highest BCUT2D eigenvalue weighted by Crippen LogP contribution is 1.98. The van der Waals surface area contributed by atoms with Crippen LogP contribution in [0.2, 0.25) is 0 Å². The Bertz CT molecular complexity index is 205. The number of methoxy groups -OCH3 is 1. The molecule has 0 aliphatic rings. The molecule has 0 atom stereocenters. The second-order valence-corrected chi connectivity index (χ2v) is 3.19. The average molecular weight is 208 g/mol. The van der Waals surface area contributed by atoms with Crippen molar-refractivity contribution in [3.63, 3.8) is 0 Å². The van der Waals surface area contributed by atoms with E-state index in [0.717, 1.165) is 19.3 Å². The predicted octanol–water partition coefficient (Wildman–Crippen LogP) is 3.43. The summed E-state index contributed by atoms with van der Waals surface area (Å²) in [6.07, 6.45) is 3.81. The van der Waals surface area contributed by atoms with Gasteiger partial charge in [-0.25, -0.2) is 0 Å². The summed E-state index contributed by atoms with van der Waals surface area (Å²) in [4.78, 5) is 10.5. The maximum atomic E-state index is 10.5. The van der Waals surface area contributed by atoms with Crippen LogP contribution >= 0.6 is 0 Å². The number of carbonyl (C=O) groups is 1. The van der Waals surface area contributed by atoms with Gasteiger partial charge in [0.15, 0.2) is 0 Å². The Hall–Kier alpha value is -1.31. The van der Waals surface area contributed by atoms with E-state index in [4.69, 9.17) is 0 Å². The largest absolute Gasteiger partial charge is 0.469 e. The molecular formula is C13H20O2. The molecule has 0 N–H and O–H groups in total. The molecule has 84 valence electrons. The zero-order chi connectivity index (χ0) is 11.4. The van der Waals surface area contributed by atoms with E-state index in [1.807, 2.05) is 36.4 Å². The third kappa shape index (κ3) is 10.6. The van der Waals surface area contributed by atoms with Gasteiger partial charge in [-0.15, -0.1) is 0 Å². The van der Waals surface area contributed by atoms with Crippen LogP contribution in [0.4, 0.5) is 0 Å². The maximum Gasteiger partial charge on any atom is 0.305 e. The lowest BCUT2D eigenvalue weighted by Gasteiger charge is -1.95. The lowest BCUT2D eigenvalue weighted by Crippen LogP contribution is -1.98. The number of hydrogen-bond donors (Lipinski definition) is 0. The van der Waals surface area contributed by atoms with Gasteiger partial charge in [0.2, 0.25) is 0 Å². The molecule has 0 aliphatic heterocycles. The van der Waals surface area contributed by atoms with E-state index in [1.165, 1.54) is 7.11 Å². The van der Waals surface area contributed by atoms with Crippen LogP contribution in [0.3, 0.4) is 0 Å². The molecule has 0 aliphatic carbocycles. The van der Waals surface area contributed by atoms with Crippen molar-refractivity contribution < 1.29 is 9.53 Å². The first-order chi connectivity index (χ1) is 7.31. The minimum Gasteiger partial charge on any atom is -0.469 e. The number of hydrogen-bond acceptors (Lipinski definition) is 2. The van der Waals surface area contributed by atoms with Crippen molar-refractivity contribution >= 4 is 5.97 Å². The van der Waals surface area contributed by atoms with E-state index < -0.39 is 0 Å². The van der Waals surface area contributed by atoms with E-state index in [0.29, 0.717) is 6.42 Å². The Balaban J connectivity index is 0.000000280. The summed E-state index contributed by atoms with van der Waals surface area (Å²) in [7, 11) is 1.42. The van der Waals surface area contributed by atoms with Gasteiger partial charge in [-0.3, -0.25) is 4.79 Å². The van der Waals surface area contributed by atoms with Gasteiger partial charge in [0.25, 0.3) is 0 Å². The van der Waals surface area contributed by atoms with Crippen LogP contribution < -0.4 is 0 Å². The smallest absolute Gasteiger partial charge is 0.305 e. The molecule has 0 bridgehead atoms. The van der Waals surface area contributed by atoms with E-state index in [9.17, 15) is 4.79 Å². The summed E-state index contributed by atoms with van der Waals surface area (Å²) in [5.41, 5.74) is 0. The minimum atomic E-state index is -0.0940. The number of rotatable bonds is 4. The van der Waals surface area contributed by atoms with Gasteiger partial charge in [0.05, 0.1) is 7.11 Å². The fraction of sp³-hybridized carbons (Fsp3) is 0.462. The molecule has 0 saturated carbocycles. The number of carbonyl (C=O) groups excluding carboxylic acids is 1. The summed E-state index contributed by atoms with van der Waals surface area (Å²) in [6, 6.07) is 12.0. The molecular weight excluding hydrogens is 188 g/mol. The van der Waals surface area contributed by atoms with Gasteiger partial charge in [0, 0.05) is 6.42 Å². The fourth-order valence-electron chi connectivity index (χ4n) is 1.01. The normalized spacial score (nSPS) is 8.67. The Morgan fingerprint density at radius 2 is 1.47 bits per heavy atom. The maximum absolute atomic E-state index is 10.5. The van der Waals surface area contributed by atoms with Crippen LogP contribution in [-0.4, -0.2) is 13.1 Å². The third-order valence-corrected chi connectivity index (χ3v) is 1.88. The second-order valence-electron chi connectivity index (χ2n) is 3.19. The van der Waals surface area contributed by atoms with Gasteiger partial charge in [-0.05, 0) is 6.42 Å². The quantitative estimate of drug-likeness (QED) is 0.559. The monoisotopic (exact) mass is 208 g/mol. The molecule has 1 rings (SSSR count).